The molecule has 0 aliphatic rings. The van der Waals surface area contributed by atoms with E-state index in [1.807, 2.05) is 26.1 Å². The molecule has 0 unspecified atom stereocenters. The Kier molecular flexibility index (Phi) is 4.59. The number of aryl methyl sites for hydroxylation is 2. The number of nitrogens with zero attached hydrogens (tertiary/aromatic N) is 2. The minimum atomic E-state index is 0.670. The zero-order valence-corrected chi connectivity index (χ0v) is 14.7. The van der Waals surface area contributed by atoms with Crippen LogP contribution in [0.1, 0.15) is 12.6 Å². The number of aromatic nitrogens is 2. The second-order valence-electron chi connectivity index (χ2n) is 4.28. The van der Waals surface area contributed by atoms with Gasteiger partial charge in [0.15, 0.2) is 5.82 Å². The van der Waals surface area contributed by atoms with Crippen LogP contribution in [0.25, 0.3) is 0 Å². The standard InChI is InChI=1S/C13H16Br2N4O/c1-4-9-12(16)13(19(2)18-9)17-10-6-11(20-3)8(15)5-7(10)14/h5-6,17H,4,16H2,1-3H3. The van der Waals surface area contributed by atoms with Crippen molar-refractivity contribution in [3.8, 4) is 5.75 Å². The predicted molar refractivity (Wildman–Crippen MR) is 88.7 cm³/mol. The zero-order valence-electron chi connectivity index (χ0n) is 11.5. The summed E-state index contributed by atoms with van der Waals surface area (Å²) in [6.45, 7) is 2.03. The van der Waals surface area contributed by atoms with Gasteiger partial charge in [0.2, 0.25) is 0 Å². The number of ether oxygens (including phenoxy) is 1. The summed E-state index contributed by atoms with van der Waals surface area (Å²) in [4.78, 5) is 0. The maximum absolute atomic E-state index is 6.11. The lowest BCUT2D eigenvalue weighted by atomic mass is 10.2. The smallest absolute Gasteiger partial charge is 0.152 e. The molecule has 0 atom stereocenters. The highest BCUT2D eigenvalue weighted by molar-refractivity contribution is 9.11. The molecule has 2 aromatic rings. The number of halogens is 2. The molecule has 20 heavy (non-hydrogen) atoms. The van der Waals surface area contributed by atoms with Crippen LogP contribution in [0, 0.1) is 0 Å². The van der Waals surface area contributed by atoms with E-state index < -0.39 is 0 Å². The van der Waals surface area contributed by atoms with Crippen LogP contribution in [-0.4, -0.2) is 16.9 Å². The molecule has 0 aliphatic carbocycles. The van der Waals surface area contributed by atoms with Crippen molar-refractivity contribution in [2.24, 2.45) is 7.05 Å². The van der Waals surface area contributed by atoms with Crippen molar-refractivity contribution in [3.63, 3.8) is 0 Å². The lowest BCUT2D eigenvalue weighted by molar-refractivity contribution is 0.412. The molecular weight excluding hydrogens is 388 g/mol. The molecule has 1 aromatic carbocycles. The van der Waals surface area contributed by atoms with Crippen LogP contribution < -0.4 is 15.8 Å². The number of benzene rings is 1. The molecule has 0 saturated heterocycles. The van der Waals surface area contributed by atoms with Gasteiger partial charge >= 0.3 is 0 Å². The quantitative estimate of drug-likeness (QED) is 0.813. The van der Waals surface area contributed by atoms with Crippen molar-refractivity contribution in [1.82, 2.24) is 9.78 Å². The number of anilines is 3. The van der Waals surface area contributed by atoms with E-state index >= 15 is 0 Å². The molecular formula is C13H16Br2N4O. The third-order valence-electron chi connectivity index (χ3n) is 2.99. The Morgan fingerprint density at radius 1 is 1.35 bits per heavy atom. The Hall–Kier alpha value is -1.21. The number of nitrogens with two attached hydrogens (primary N) is 1. The average Bonchev–Trinajstić information content (AvgIpc) is 2.68. The number of hydrogen-bond donors (Lipinski definition) is 2. The van der Waals surface area contributed by atoms with Gasteiger partial charge in [0.1, 0.15) is 5.75 Å². The fraction of sp³-hybridized carbons (Fsp3) is 0.308. The molecule has 0 saturated carbocycles. The molecule has 2 rings (SSSR count). The van der Waals surface area contributed by atoms with E-state index in [4.69, 9.17) is 10.5 Å². The van der Waals surface area contributed by atoms with Gasteiger partial charge in [-0.05, 0) is 44.3 Å². The Morgan fingerprint density at radius 2 is 2.05 bits per heavy atom. The summed E-state index contributed by atoms with van der Waals surface area (Å²) in [5.41, 5.74) is 8.53. The Morgan fingerprint density at radius 3 is 2.60 bits per heavy atom. The summed E-state index contributed by atoms with van der Waals surface area (Å²) >= 11 is 6.97. The Labute approximate surface area is 134 Å². The number of rotatable bonds is 4. The molecule has 1 aromatic heterocycles. The summed E-state index contributed by atoms with van der Waals surface area (Å²) in [5, 5.41) is 7.68. The van der Waals surface area contributed by atoms with Gasteiger partial charge in [-0.2, -0.15) is 5.10 Å². The van der Waals surface area contributed by atoms with E-state index in [-0.39, 0.29) is 0 Å². The van der Waals surface area contributed by atoms with Crippen LogP contribution in [0.3, 0.4) is 0 Å². The van der Waals surface area contributed by atoms with Gasteiger partial charge in [0.25, 0.3) is 0 Å². The first-order valence-corrected chi connectivity index (χ1v) is 7.67. The molecule has 0 spiro atoms. The minimum Gasteiger partial charge on any atom is -0.495 e. The van der Waals surface area contributed by atoms with Crippen molar-refractivity contribution < 1.29 is 4.74 Å². The van der Waals surface area contributed by atoms with Crippen molar-refractivity contribution >= 4 is 49.1 Å². The first kappa shape index (κ1) is 15.2. The van der Waals surface area contributed by atoms with Crippen LogP contribution >= 0.6 is 31.9 Å². The Bertz CT molecular complexity index is 640. The monoisotopic (exact) mass is 402 g/mol. The second kappa shape index (κ2) is 6.05. The third kappa shape index (κ3) is 2.78. The van der Waals surface area contributed by atoms with Gasteiger partial charge in [-0.3, -0.25) is 4.68 Å². The highest BCUT2D eigenvalue weighted by Gasteiger charge is 2.14. The number of nitrogens with one attached hydrogen (secondary N) is 1. The summed E-state index contributed by atoms with van der Waals surface area (Å²) < 4.78 is 8.83. The highest BCUT2D eigenvalue weighted by Crippen LogP contribution is 2.37. The van der Waals surface area contributed by atoms with Gasteiger partial charge in [-0.25, -0.2) is 0 Å². The van der Waals surface area contributed by atoms with E-state index in [2.05, 4.69) is 42.3 Å². The van der Waals surface area contributed by atoms with Crippen LogP contribution in [0.2, 0.25) is 0 Å². The molecule has 0 fully saturated rings. The average molecular weight is 404 g/mol. The molecule has 3 N–H and O–H groups in total. The lowest BCUT2D eigenvalue weighted by Gasteiger charge is -2.12. The SMILES string of the molecule is CCc1nn(C)c(Nc2cc(OC)c(Br)cc2Br)c1N. The molecule has 0 radical (unpaired) electrons. The molecule has 5 nitrogen and oxygen atoms in total. The fourth-order valence-electron chi connectivity index (χ4n) is 1.91. The van der Waals surface area contributed by atoms with Crippen LogP contribution in [0.4, 0.5) is 17.2 Å². The van der Waals surface area contributed by atoms with Crippen molar-refractivity contribution in [3.05, 3.63) is 26.8 Å². The summed E-state index contributed by atoms with van der Waals surface area (Å²) in [6.07, 6.45) is 0.798. The maximum Gasteiger partial charge on any atom is 0.152 e. The lowest BCUT2D eigenvalue weighted by Crippen LogP contribution is -2.02. The van der Waals surface area contributed by atoms with E-state index in [9.17, 15) is 0 Å². The van der Waals surface area contributed by atoms with Crippen LogP contribution in [0.5, 0.6) is 5.75 Å². The summed E-state index contributed by atoms with van der Waals surface area (Å²) in [5.74, 6) is 1.51. The predicted octanol–water partition coefficient (Wildman–Crippen LogP) is 3.84. The first-order chi connectivity index (χ1) is 9.47. The first-order valence-electron chi connectivity index (χ1n) is 6.09. The molecule has 108 valence electrons. The summed E-state index contributed by atoms with van der Waals surface area (Å²) in [7, 11) is 3.49. The van der Waals surface area contributed by atoms with E-state index in [0.717, 1.165) is 38.3 Å². The van der Waals surface area contributed by atoms with E-state index in [0.29, 0.717) is 5.69 Å². The maximum atomic E-state index is 6.11. The van der Waals surface area contributed by atoms with Gasteiger partial charge < -0.3 is 15.8 Å². The van der Waals surface area contributed by atoms with Gasteiger partial charge in [0, 0.05) is 17.6 Å². The topological polar surface area (TPSA) is 65.1 Å². The molecule has 1 heterocycles. The number of hydrogen-bond acceptors (Lipinski definition) is 4. The molecule has 0 aliphatic heterocycles. The summed E-state index contributed by atoms with van der Waals surface area (Å²) in [6, 6.07) is 3.82. The molecule has 0 bridgehead atoms. The van der Waals surface area contributed by atoms with Crippen molar-refractivity contribution in [2.45, 2.75) is 13.3 Å². The molecule has 7 heteroatoms. The van der Waals surface area contributed by atoms with Crippen molar-refractivity contribution in [2.75, 3.05) is 18.2 Å². The van der Waals surface area contributed by atoms with Crippen molar-refractivity contribution in [1.29, 1.82) is 0 Å². The Balaban J connectivity index is 2.42. The third-order valence-corrected chi connectivity index (χ3v) is 4.27. The minimum absolute atomic E-state index is 0.670. The number of methoxy groups -OCH3 is 1. The highest BCUT2D eigenvalue weighted by atomic mass is 79.9. The largest absolute Gasteiger partial charge is 0.495 e. The fourth-order valence-corrected chi connectivity index (χ4v) is 3.17. The van der Waals surface area contributed by atoms with Gasteiger partial charge in [0.05, 0.1) is 28.7 Å². The number of nitrogen functional groups attached to an aromatic ring is 1. The normalized spacial score (nSPS) is 10.7. The van der Waals surface area contributed by atoms with E-state index in [1.165, 1.54) is 0 Å². The second-order valence-corrected chi connectivity index (χ2v) is 5.99. The van der Waals surface area contributed by atoms with E-state index in [1.54, 1.807) is 11.8 Å². The van der Waals surface area contributed by atoms with Gasteiger partial charge in [-0.15, -0.1) is 0 Å². The van der Waals surface area contributed by atoms with Crippen LogP contribution in [-0.2, 0) is 13.5 Å². The van der Waals surface area contributed by atoms with Crippen LogP contribution in [0.15, 0.2) is 21.1 Å². The van der Waals surface area contributed by atoms with Gasteiger partial charge in [-0.1, -0.05) is 6.92 Å². The zero-order chi connectivity index (χ0) is 14.9. The molecule has 0 amide bonds.